The second-order valence-electron chi connectivity index (χ2n) is 10.6. The molecule has 0 unspecified atom stereocenters. The van der Waals surface area contributed by atoms with Crippen molar-refractivity contribution >= 4 is 27.7 Å². The quantitative estimate of drug-likeness (QED) is 0.339. The lowest BCUT2D eigenvalue weighted by Crippen LogP contribution is -2.39. The number of benzene rings is 3. The number of fused-ring (bicyclic) bond motifs is 2. The van der Waals surface area contributed by atoms with Crippen LogP contribution in [0.3, 0.4) is 0 Å². The van der Waals surface area contributed by atoms with Gasteiger partial charge in [-0.2, -0.15) is 5.10 Å². The van der Waals surface area contributed by atoms with Crippen molar-refractivity contribution in [2.24, 2.45) is 11.3 Å². The Bertz CT molecular complexity index is 1600. The summed E-state index contributed by atoms with van der Waals surface area (Å²) in [5, 5.41) is 11.8. The number of carbonyl (C=O) groups excluding carboxylic acids is 1. The predicted octanol–water partition coefficient (Wildman–Crippen LogP) is 5.51. The minimum atomic E-state index is -0.353. The number of aromatic nitrogens is 4. The normalized spacial score (nSPS) is 19.9. The fraction of sp³-hybridized carbons (Fsp3) is 0.300. The van der Waals surface area contributed by atoms with Crippen LogP contribution in [0.5, 0.6) is 0 Å². The second kappa shape index (κ2) is 8.14. The van der Waals surface area contributed by atoms with Gasteiger partial charge in [-0.05, 0) is 67.6 Å². The third kappa shape index (κ3) is 3.56. The van der Waals surface area contributed by atoms with Crippen LogP contribution in [0.25, 0.3) is 44.5 Å². The predicted molar refractivity (Wildman–Crippen MR) is 143 cm³/mol. The number of imidazole rings is 1. The summed E-state index contributed by atoms with van der Waals surface area (Å²) in [4.78, 5) is 18.6. The van der Waals surface area contributed by atoms with E-state index in [-0.39, 0.29) is 11.3 Å². The molecule has 2 aromatic heterocycles. The highest BCUT2D eigenvalue weighted by Gasteiger charge is 2.48. The van der Waals surface area contributed by atoms with Crippen LogP contribution in [0.4, 0.5) is 0 Å². The highest BCUT2D eigenvalue weighted by molar-refractivity contribution is 5.90. The third-order valence-corrected chi connectivity index (χ3v) is 8.00. The Balaban J connectivity index is 1.30. The molecule has 1 aliphatic carbocycles. The van der Waals surface area contributed by atoms with Gasteiger partial charge in [0.15, 0.2) is 0 Å². The summed E-state index contributed by atoms with van der Waals surface area (Å²) in [6.45, 7) is 4.42. The van der Waals surface area contributed by atoms with E-state index in [1.54, 1.807) is 0 Å². The van der Waals surface area contributed by atoms with E-state index in [9.17, 15) is 4.79 Å². The van der Waals surface area contributed by atoms with E-state index in [4.69, 9.17) is 4.98 Å². The van der Waals surface area contributed by atoms with Crippen molar-refractivity contribution in [3.8, 4) is 22.5 Å². The molecule has 5 aromatic rings. The molecule has 3 heterocycles. The first-order valence-electron chi connectivity index (χ1n) is 12.9. The van der Waals surface area contributed by atoms with Crippen LogP contribution in [-0.2, 0) is 11.3 Å². The molecular weight excluding hydrogens is 446 g/mol. The Kier molecular flexibility index (Phi) is 4.86. The standard InChI is InChI=1S/C30H29N5O/c1-19-2-11-27-26(14-19)33-29(35(27)18-30(12-13-31-17-30)28(36)21-5-6-21)22-7-3-20(4-8-22)23-9-10-24-16-32-34-25(24)15-23/h2-4,7-11,14-16,21,31H,5-6,12-13,17-18H2,1H3,(H,32,34)/t30-/m0/s1. The van der Waals surface area contributed by atoms with Crippen molar-refractivity contribution in [2.75, 3.05) is 13.1 Å². The minimum Gasteiger partial charge on any atom is -0.323 e. The van der Waals surface area contributed by atoms with E-state index < -0.39 is 0 Å². The molecule has 1 aliphatic heterocycles. The number of nitrogens with zero attached hydrogens (tertiary/aromatic N) is 3. The van der Waals surface area contributed by atoms with Crippen LogP contribution < -0.4 is 5.32 Å². The lowest BCUT2D eigenvalue weighted by molar-refractivity contribution is -0.129. The molecule has 2 N–H and O–H groups in total. The first-order chi connectivity index (χ1) is 17.6. The van der Waals surface area contributed by atoms with Gasteiger partial charge in [-0.1, -0.05) is 42.5 Å². The summed E-state index contributed by atoms with van der Waals surface area (Å²) in [6.07, 6.45) is 4.82. The average molecular weight is 476 g/mol. The number of H-pyrrole nitrogens is 1. The highest BCUT2D eigenvalue weighted by Crippen LogP contribution is 2.42. The summed E-state index contributed by atoms with van der Waals surface area (Å²) in [6, 6.07) is 21.4. The Morgan fingerprint density at radius 3 is 2.61 bits per heavy atom. The number of rotatable bonds is 6. The van der Waals surface area contributed by atoms with Gasteiger partial charge in [-0.15, -0.1) is 0 Å². The Morgan fingerprint density at radius 1 is 1.03 bits per heavy atom. The summed E-state index contributed by atoms with van der Waals surface area (Å²) >= 11 is 0. The average Bonchev–Trinajstić information content (AvgIpc) is 3.29. The zero-order valence-electron chi connectivity index (χ0n) is 20.4. The topological polar surface area (TPSA) is 75.6 Å². The Hall–Kier alpha value is -3.77. The van der Waals surface area contributed by atoms with Gasteiger partial charge >= 0.3 is 0 Å². The molecule has 1 saturated carbocycles. The second-order valence-corrected chi connectivity index (χ2v) is 10.6. The van der Waals surface area contributed by atoms with Gasteiger partial charge < -0.3 is 9.88 Å². The molecule has 2 fully saturated rings. The van der Waals surface area contributed by atoms with Crippen molar-refractivity contribution in [3.63, 3.8) is 0 Å². The Morgan fingerprint density at radius 2 is 1.83 bits per heavy atom. The van der Waals surface area contributed by atoms with E-state index in [2.05, 4.69) is 87.7 Å². The smallest absolute Gasteiger partial charge is 0.145 e. The maximum absolute atomic E-state index is 13.5. The maximum Gasteiger partial charge on any atom is 0.145 e. The van der Waals surface area contributed by atoms with E-state index in [1.165, 1.54) is 5.56 Å². The summed E-state index contributed by atoms with van der Waals surface area (Å²) in [5.74, 6) is 1.62. The molecule has 2 aliphatic rings. The van der Waals surface area contributed by atoms with E-state index in [0.717, 1.165) is 76.8 Å². The van der Waals surface area contributed by atoms with Crippen LogP contribution >= 0.6 is 0 Å². The van der Waals surface area contributed by atoms with Gasteiger partial charge in [-0.3, -0.25) is 9.89 Å². The van der Waals surface area contributed by atoms with Gasteiger partial charge in [0.25, 0.3) is 0 Å². The van der Waals surface area contributed by atoms with Crippen molar-refractivity contribution in [1.82, 2.24) is 25.1 Å². The Labute approximate surface area is 209 Å². The van der Waals surface area contributed by atoms with Crippen LogP contribution in [-0.4, -0.2) is 38.6 Å². The monoisotopic (exact) mass is 475 g/mol. The van der Waals surface area contributed by atoms with Crippen molar-refractivity contribution in [2.45, 2.75) is 32.7 Å². The lowest BCUT2D eigenvalue weighted by Gasteiger charge is -2.28. The molecule has 7 rings (SSSR count). The highest BCUT2D eigenvalue weighted by atomic mass is 16.1. The molecule has 1 atom stereocenters. The van der Waals surface area contributed by atoms with Crippen LogP contribution in [0.15, 0.2) is 66.9 Å². The largest absolute Gasteiger partial charge is 0.323 e. The van der Waals surface area contributed by atoms with Crippen molar-refractivity contribution in [3.05, 3.63) is 72.4 Å². The van der Waals surface area contributed by atoms with E-state index in [0.29, 0.717) is 12.3 Å². The first-order valence-corrected chi connectivity index (χ1v) is 12.9. The van der Waals surface area contributed by atoms with Gasteiger partial charge in [0.2, 0.25) is 0 Å². The molecule has 0 radical (unpaired) electrons. The van der Waals surface area contributed by atoms with Crippen LogP contribution in [0.2, 0.25) is 0 Å². The molecule has 0 amide bonds. The number of Topliss-reactive ketones (excluding diaryl/α,β-unsaturated/α-hetero) is 1. The SMILES string of the molecule is Cc1ccc2c(c1)nc(-c1ccc(-c3ccc4cn[nH]c4c3)cc1)n2C[C@]1(C(=O)C2CC2)CCNC1. The molecule has 6 nitrogen and oxygen atoms in total. The molecule has 0 spiro atoms. The molecule has 1 saturated heterocycles. The first kappa shape index (κ1) is 21.5. The minimum absolute atomic E-state index is 0.247. The molecule has 180 valence electrons. The van der Waals surface area contributed by atoms with Gasteiger partial charge in [0, 0.05) is 30.0 Å². The number of hydrogen-bond acceptors (Lipinski definition) is 4. The number of ketones is 1. The fourth-order valence-corrected chi connectivity index (χ4v) is 5.80. The van der Waals surface area contributed by atoms with Gasteiger partial charge in [0.05, 0.1) is 28.2 Å². The van der Waals surface area contributed by atoms with E-state index in [1.807, 2.05) is 6.20 Å². The number of aryl methyl sites for hydroxylation is 1. The third-order valence-electron chi connectivity index (χ3n) is 8.00. The number of aromatic amines is 1. The lowest BCUT2D eigenvalue weighted by atomic mass is 9.80. The zero-order chi connectivity index (χ0) is 24.3. The number of nitrogens with one attached hydrogen (secondary N) is 2. The molecule has 3 aromatic carbocycles. The molecule has 6 heteroatoms. The molecule has 36 heavy (non-hydrogen) atoms. The van der Waals surface area contributed by atoms with Crippen LogP contribution in [0.1, 0.15) is 24.8 Å². The number of hydrogen-bond donors (Lipinski definition) is 2. The summed E-state index contributed by atoms with van der Waals surface area (Å²) < 4.78 is 2.30. The van der Waals surface area contributed by atoms with Crippen molar-refractivity contribution in [1.29, 1.82) is 0 Å². The molecule has 0 bridgehead atoms. The van der Waals surface area contributed by atoms with Gasteiger partial charge in [0.1, 0.15) is 11.6 Å². The van der Waals surface area contributed by atoms with Gasteiger partial charge in [-0.25, -0.2) is 4.98 Å². The van der Waals surface area contributed by atoms with Crippen LogP contribution in [0, 0.1) is 18.3 Å². The molecular formula is C30H29N5O. The summed E-state index contributed by atoms with van der Waals surface area (Å²) in [5.41, 5.74) is 7.31. The zero-order valence-corrected chi connectivity index (χ0v) is 20.4. The van der Waals surface area contributed by atoms with Crippen molar-refractivity contribution < 1.29 is 4.79 Å². The number of carbonyl (C=O) groups is 1. The summed E-state index contributed by atoms with van der Waals surface area (Å²) in [7, 11) is 0. The van der Waals surface area contributed by atoms with E-state index >= 15 is 0 Å². The maximum atomic E-state index is 13.5. The fourth-order valence-electron chi connectivity index (χ4n) is 5.80.